The highest BCUT2D eigenvalue weighted by Gasteiger charge is 2.45. The van der Waals surface area contributed by atoms with Crippen LogP contribution in [0.2, 0.25) is 0 Å². The van der Waals surface area contributed by atoms with Gasteiger partial charge in [0.2, 0.25) is 59.1 Å². The van der Waals surface area contributed by atoms with Gasteiger partial charge in [0.1, 0.15) is 47.0 Å². The van der Waals surface area contributed by atoms with Crippen molar-refractivity contribution in [3.05, 3.63) is 23.8 Å². The highest BCUT2D eigenvalue weighted by atomic mass is 32.2. The van der Waals surface area contributed by atoms with Gasteiger partial charge in [0.25, 0.3) is 0 Å². The molecule has 1 fully saturated rings. The van der Waals surface area contributed by atoms with Gasteiger partial charge in [-0.2, -0.15) is 0 Å². The summed E-state index contributed by atoms with van der Waals surface area (Å²) in [5.41, 5.74) is 0.243. The number of phenolic OH excluding ortho intramolecular Hbond substituents is 1. The lowest BCUT2D eigenvalue weighted by molar-refractivity contribution is -0.144. The molecular weight excluding hydrogens is 979 g/mol. The van der Waals surface area contributed by atoms with Crippen LogP contribution in [0.15, 0.2) is 23.2 Å². The number of hydrogen-bond acceptors (Lipinski definition) is 15. The third-order valence-corrected chi connectivity index (χ3v) is 14.6. The Morgan fingerprint density at radius 1 is 0.836 bits per heavy atom. The van der Waals surface area contributed by atoms with E-state index in [-0.39, 0.29) is 46.1 Å². The van der Waals surface area contributed by atoms with Crippen molar-refractivity contribution in [3.63, 3.8) is 0 Å². The normalized spacial score (nSPS) is 26.3. The predicted octanol–water partition coefficient (Wildman–Crippen LogP) is -4.98. The van der Waals surface area contributed by atoms with Crippen molar-refractivity contribution in [3.8, 4) is 5.75 Å². The average molecular weight is 1050 g/mol. The van der Waals surface area contributed by atoms with E-state index in [1.807, 2.05) is 0 Å². The summed E-state index contributed by atoms with van der Waals surface area (Å²) < 4.78 is 14.8. The van der Waals surface area contributed by atoms with Gasteiger partial charge >= 0.3 is 0 Å². The second kappa shape index (κ2) is 26.3. The van der Waals surface area contributed by atoms with E-state index in [1.54, 1.807) is 13.8 Å². The van der Waals surface area contributed by atoms with Crippen molar-refractivity contribution in [2.45, 2.75) is 126 Å². The van der Waals surface area contributed by atoms with Crippen LogP contribution in [-0.4, -0.2) is 188 Å². The molecule has 0 radical (unpaired) electrons. The first-order valence-corrected chi connectivity index (χ1v) is 25.5. The molecule has 0 aliphatic carbocycles. The van der Waals surface area contributed by atoms with E-state index in [1.165, 1.54) is 32.2 Å². The topological polar surface area (TPSA) is 396 Å². The second-order valence-corrected chi connectivity index (χ2v) is 19.9. The molecule has 1 aromatic heterocycles. The summed E-state index contributed by atoms with van der Waals surface area (Å²) in [4.78, 5) is 142. The van der Waals surface area contributed by atoms with Crippen molar-refractivity contribution in [1.29, 1.82) is 0 Å². The van der Waals surface area contributed by atoms with Gasteiger partial charge in [0, 0.05) is 56.8 Å². The molecule has 11 atom stereocenters. The molecule has 1 saturated heterocycles. The molecule has 2 bridgehead atoms. The number of benzene rings is 1. The molecule has 27 heteroatoms. The quantitative estimate of drug-likeness (QED) is 0.0836. The van der Waals surface area contributed by atoms with Crippen LogP contribution < -0.4 is 47.9 Å². The molecular formula is C46H67N11O15S. The largest absolute Gasteiger partial charge is 0.508 e. The number of aromatic hydroxyl groups is 1. The average Bonchev–Trinajstić information content (AvgIpc) is 3.93. The number of nitrogens with one attached hydrogen (secondary N) is 10. The highest BCUT2D eigenvalue weighted by molar-refractivity contribution is 7.85. The monoisotopic (exact) mass is 1050 g/mol. The Labute approximate surface area is 422 Å². The lowest BCUT2D eigenvalue weighted by Crippen LogP contribution is -2.62. The lowest BCUT2D eigenvalue weighted by atomic mass is 9.93. The fourth-order valence-corrected chi connectivity index (χ4v) is 10.1. The van der Waals surface area contributed by atoms with Gasteiger partial charge < -0.3 is 78.2 Å². The first-order valence-electron chi connectivity index (χ1n) is 24.2. The van der Waals surface area contributed by atoms with E-state index in [9.17, 15) is 72.6 Å². The minimum absolute atomic E-state index is 0.0769. The van der Waals surface area contributed by atoms with Crippen molar-refractivity contribution in [2.24, 2.45) is 11.8 Å². The maximum atomic E-state index is 14.8. The summed E-state index contributed by atoms with van der Waals surface area (Å²) in [6.45, 7) is 1.83. The maximum Gasteiger partial charge on any atom is 0.246 e. The first kappa shape index (κ1) is 57.2. The van der Waals surface area contributed by atoms with Crippen LogP contribution in [0.4, 0.5) is 0 Å². The maximum absolute atomic E-state index is 14.8. The Kier molecular flexibility index (Phi) is 20.6. The Morgan fingerprint density at radius 2 is 1.53 bits per heavy atom. The number of fused-ring (bicyclic) bond motifs is 5. The van der Waals surface area contributed by atoms with Crippen LogP contribution >= 0.6 is 0 Å². The van der Waals surface area contributed by atoms with Crippen molar-refractivity contribution in [1.82, 2.24) is 57.7 Å². The molecule has 402 valence electrons. The Hall–Kier alpha value is -6.71. The van der Waals surface area contributed by atoms with Gasteiger partial charge in [-0.05, 0) is 36.5 Å². The van der Waals surface area contributed by atoms with Crippen LogP contribution in [-0.2, 0) is 65.2 Å². The van der Waals surface area contributed by atoms with Crippen LogP contribution in [0, 0.1) is 11.8 Å². The third kappa shape index (κ3) is 15.2. The lowest BCUT2D eigenvalue weighted by Gasteiger charge is -2.33. The number of rotatable bonds is 13. The summed E-state index contributed by atoms with van der Waals surface area (Å²) >= 11 is 0. The van der Waals surface area contributed by atoms with E-state index >= 15 is 0 Å². The number of carbonyl (C=O) groups excluding carboxylic acids is 10. The Balaban J connectivity index is 1.67. The van der Waals surface area contributed by atoms with Crippen molar-refractivity contribution < 1.29 is 72.6 Å². The van der Waals surface area contributed by atoms with Crippen LogP contribution in [0.3, 0.4) is 0 Å². The summed E-state index contributed by atoms with van der Waals surface area (Å²) in [6, 6.07) is -6.05. The fraction of sp³-hybridized carbons (Fsp3) is 0.609. The number of aromatic amines is 1. The third-order valence-electron chi connectivity index (χ3n) is 13.2. The smallest absolute Gasteiger partial charge is 0.246 e. The van der Waals surface area contributed by atoms with E-state index in [2.05, 4.69) is 52.8 Å². The van der Waals surface area contributed by atoms with Crippen LogP contribution in [0.25, 0.3) is 10.9 Å². The molecule has 2 aromatic rings. The zero-order valence-electron chi connectivity index (χ0n) is 41.0. The van der Waals surface area contributed by atoms with Crippen LogP contribution in [0.5, 0.6) is 5.75 Å². The number of aliphatic hydroxyl groups is 3. The molecule has 10 amide bonds. The van der Waals surface area contributed by atoms with Crippen molar-refractivity contribution >= 4 is 80.8 Å². The Bertz CT molecular complexity index is 2440. The van der Waals surface area contributed by atoms with Gasteiger partial charge in [-0.1, -0.05) is 33.6 Å². The molecule has 3 aliphatic heterocycles. The molecule has 73 heavy (non-hydrogen) atoms. The predicted molar refractivity (Wildman–Crippen MR) is 259 cm³/mol. The number of unbranched alkanes of at least 4 members (excludes halogenated alkanes) is 2. The molecule has 26 nitrogen and oxygen atoms in total. The Morgan fingerprint density at radius 3 is 2.22 bits per heavy atom. The molecule has 4 heterocycles. The highest BCUT2D eigenvalue weighted by Crippen LogP contribution is 2.30. The second-order valence-electron chi connectivity index (χ2n) is 18.5. The van der Waals surface area contributed by atoms with Gasteiger partial charge in [0.15, 0.2) is 0 Å². The number of nitrogens with zero attached hydrogens (tertiary/aromatic N) is 1. The molecule has 0 spiro atoms. The number of hydrogen-bond donors (Lipinski definition) is 14. The summed E-state index contributed by atoms with van der Waals surface area (Å²) in [6.07, 6.45) is -2.65. The minimum atomic E-state index is -2.41. The number of H-pyrrole nitrogens is 1. The molecule has 1 aromatic carbocycles. The van der Waals surface area contributed by atoms with E-state index in [0.29, 0.717) is 25.7 Å². The van der Waals surface area contributed by atoms with E-state index in [0.717, 1.165) is 4.90 Å². The fourth-order valence-electron chi connectivity index (χ4n) is 8.70. The number of carbonyl (C=O) groups is 10. The van der Waals surface area contributed by atoms with E-state index in [4.69, 9.17) is 0 Å². The molecule has 14 N–H and O–H groups in total. The van der Waals surface area contributed by atoms with Gasteiger partial charge in [-0.25, -0.2) is 0 Å². The van der Waals surface area contributed by atoms with Crippen LogP contribution in [0.1, 0.15) is 71.3 Å². The van der Waals surface area contributed by atoms with Gasteiger partial charge in [-0.3, -0.25) is 52.2 Å². The summed E-state index contributed by atoms with van der Waals surface area (Å²) in [7, 11) is -0.901. The van der Waals surface area contributed by atoms with Gasteiger partial charge in [0.05, 0.1) is 60.4 Å². The summed E-state index contributed by atoms with van der Waals surface area (Å²) in [5, 5.41) is 64.8. The van der Waals surface area contributed by atoms with E-state index < -0.39 is 176 Å². The molecule has 0 saturated carbocycles. The standard InChI is InChI=1S/C46H67N11O15S/c1-5-22(2)38-43(69)50-17-36(64)51-31-21-73(72)45-27(26-11-10-24(59)13-28(26)54-45)15-29(40(66)49-18-37(65)55-38)52-44(70)39(23(3)33(61)20-58)56-42(68)32-14-25(60)19-57(32)46(71)30(53-41(31)67)16-35(63)48-12-8-6-7-9-34(62)47-4/h10-11,13,22-23,25,29-33,38-39,54,58-61H,5-9,12,14-21H2,1-4H3,(H,47,62)(H,48,63)(H,49,66)(H,50,69)(H,51,64)(H,52,70)(H,53,67)(H,55,65)(H,56,68)/t22?,23?,25?,29?,30?,31?,32?,33-,38?,39?,73?/m0/s1. The number of aliphatic hydroxyl groups excluding tert-OH is 3. The minimum Gasteiger partial charge on any atom is -0.508 e. The summed E-state index contributed by atoms with van der Waals surface area (Å²) in [5.74, 6) is -11.9. The molecule has 3 aliphatic rings. The number of aromatic nitrogens is 1. The molecule has 10 unspecified atom stereocenters. The molecule has 5 rings (SSSR count). The zero-order valence-corrected chi connectivity index (χ0v) is 41.9. The zero-order chi connectivity index (χ0) is 53.7. The number of amides is 10. The van der Waals surface area contributed by atoms with Gasteiger partial charge in [-0.15, -0.1) is 0 Å². The SMILES string of the molecule is CCC(C)C1NC(=O)CNC(=O)C2Cc3c([nH]c4cc(O)ccc34)S(=O)CC(NC(=O)CNC1=O)C(=O)NC(CC(=O)NCCCCCC(=O)NC)C(=O)N1CC(O)CC1C(=O)NC(C(C)[C@@H](O)CO)C(=O)N2. The van der Waals surface area contributed by atoms with Crippen molar-refractivity contribution in [2.75, 3.05) is 45.6 Å². The number of phenols is 1. The first-order chi connectivity index (χ1) is 34.6.